The molecule has 2 aliphatic rings. The highest BCUT2D eigenvalue weighted by atomic mass is 35.5. The van der Waals surface area contributed by atoms with Crippen LogP contribution in [0.1, 0.15) is 24.4 Å². The van der Waals surface area contributed by atoms with Gasteiger partial charge in [-0.1, -0.05) is 29.8 Å². The fourth-order valence-corrected chi connectivity index (χ4v) is 4.71. The van der Waals surface area contributed by atoms with Crippen LogP contribution in [0, 0.1) is 5.92 Å². The number of aromatic nitrogens is 2. The van der Waals surface area contributed by atoms with Crippen molar-refractivity contribution in [2.45, 2.75) is 25.3 Å². The minimum Gasteiger partial charge on any atom is -0.492 e. The standard InChI is InChI=1S/C22H22ClN3O3/c23-16-6-5-14-11-15(13-29-20(14)12-16)21(27)25-9-7-17(8-10-25)26-19-4-2-1-3-18(19)24-22(26)28/h1-6,12,15,17H,7-11,13H2,(H,24,28). The number of nitrogens with one attached hydrogen (secondary N) is 1. The highest BCUT2D eigenvalue weighted by Crippen LogP contribution is 2.32. The monoisotopic (exact) mass is 411 g/mol. The summed E-state index contributed by atoms with van der Waals surface area (Å²) in [5.74, 6) is 0.741. The van der Waals surface area contributed by atoms with Gasteiger partial charge in [-0.15, -0.1) is 0 Å². The minimum absolute atomic E-state index is 0.0769. The van der Waals surface area contributed by atoms with Crippen molar-refractivity contribution >= 4 is 28.5 Å². The summed E-state index contributed by atoms with van der Waals surface area (Å²) >= 11 is 6.02. The molecule has 0 radical (unpaired) electrons. The lowest BCUT2D eigenvalue weighted by Crippen LogP contribution is -2.45. The van der Waals surface area contributed by atoms with Gasteiger partial charge in [0, 0.05) is 24.2 Å². The van der Waals surface area contributed by atoms with Crippen LogP contribution in [0.15, 0.2) is 47.3 Å². The van der Waals surface area contributed by atoms with Crippen LogP contribution >= 0.6 is 11.6 Å². The van der Waals surface area contributed by atoms with Crippen LogP contribution < -0.4 is 10.4 Å². The number of benzene rings is 2. The lowest BCUT2D eigenvalue weighted by atomic mass is 9.94. The molecule has 0 spiro atoms. The molecule has 29 heavy (non-hydrogen) atoms. The van der Waals surface area contributed by atoms with Crippen molar-refractivity contribution in [1.29, 1.82) is 0 Å². The number of carbonyl (C=O) groups excluding carboxylic acids is 1. The number of likely N-dealkylation sites (tertiary alicyclic amines) is 1. The van der Waals surface area contributed by atoms with Crippen molar-refractivity contribution in [3.8, 4) is 5.75 Å². The predicted molar refractivity (Wildman–Crippen MR) is 112 cm³/mol. The third kappa shape index (κ3) is 3.31. The van der Waals surface area contributed by atoms with Crippen molar-refractivity contribution in [3.05, 3.63) is 63.5 Å². The van der Waals surface area contributed by atoms with Gasteiger partial charge in [-0.2, -0.15) is 0 Å². The lowest BCUT2D eigenvalue weighted by Gasteiger charge is -2.35. The summed E-state index contributed by atoms with van der Waals surface area (Å²) in [5, 5.41) is 0.642. The van der Waals surface area contributed by atoms with Crippen molar-refractivity contribution in [1.82, 2.24) is 14.5 Å². The van der Waals surface area contributed by atoms with Crippen LogP contribution in [0.4, 0.5) is 0 Å². The van der Waals surface area contributed by atoms with Crippen LogP contribution in [0.3, 0.4) is 0 Å². The first kappa shape index (κ1) is 18.3. The first-order valence-electron chi connectivity index (χ1n) is 9.99. The SMILES string of the molecule is O=C(C1COc2cc(Cl)ccc2C1)N1CCC(n2c(=O)[nH]c3ccccc32)CC1. The highest BCUT2D eigenvalue weighted by molar-refractivity contribution is 6.30. The summed E-state index contributed by atoms with van der Waals surface area (Å²) in [5.41, 5.74) is 2.73. The molecule has 1 fully saturated rings. The van der Waals surface area contributed by atoms with E-state index in [1.54, 1.807) is 0 Å². The Labute approximate surface area is 173 Å². The second-order valence-corrected chi connectivity index (χ2v) is 8.27. The fraction of sp³-hybridized carbons (Fsp3) is 0.364. The Kier molecular flexibility index (Phi) is 4.59. The second-order valence-electron chi connectivity index (χ2n) is 7.84. The smallest absolute Gasteiger partial charge is 0.326 e. The summed E-state index contributed by atoms with van der Waals surface area (Å²) in [6.07, 6.45) is 2.22. The van der Waals surface area contributed by atoms with E-state index in [0.29, 0.717) is 31.1 Å². The maximum atomic E-state index is 13.0. The zero-order valence-corrected chi connectivity index (χ0v) is 16.7. The maximum Gasteiger partial charge on any atom is 0.326 e. The number of aromatic amines is 1. The summed E-state index contributed by atoms with van der Waals surface area (Å²) in [7, 11) is 0. The van der Waals surface area contributed by atoms with Gasteiger partial charge in [-0.3, -0.25) is 9.36 Å². The van der Waals surface area contributed by atoms with Gasteiger partial charge in [-0.25, -0.2) is 4.79 Å². The zero-order chi connectivity index (χ0) is 20.0. The molecule has 0 aliphatic carbocycles. The van der Waals surface area contributed by atoms with Gasteiger partial charge in [0.25, 0.3) is 0 Å². The number of fused-ring (bicyclic) bond motifs is 2. The molecule has 1 atom stereocenters. The number of para-hydroxylation sites is 2. The molecule has 5 rings (SSSR count). The third-order valence-electron chi connectivity index (χ3n) is 6.05. The summed E-state index contributed by atoms with van der Waals surface area (Å²) < 4.78 is 7.64. The Morgan fingerprint density at radius 3 is 2.76 bits per heavy atom. The number of piperidine rings is 1. The van der Waals surface area contributed by atoms with Crippen LogP contribution in [0.2, 0.25) is 5.02 Å². The molecule has 2 aliphatic heterocycles. The minimum atomic E-state index is -0.170. The maximum absolute atomic E-state index is 13.0. The predicted octanol–water partition coefficient (Wildman–Crippen LogP) is 3.40. The molecule has 150 valence electrons. The third-order valence-corrected chi connectivity index (χ3v) is 6.29. The van der Waals surface area contributed by atoms with Gasteiger partial charge in [0.15, 0.2) is 0 Å². The average Bonchev–Trinajstić information content (AvgIpc) is 3.08. The highest BCUT2D eigenvalue weighted by Gasteiger charge is 2.32. The molecule has 3 heterocycles. The molecule has 1 saturated heterocycles. The van der Waals surface area contributed by atoms with Crippen molar-refractivity contribution in [2.75, 3.05) is 19.7 Å². The van der Waals surface area contributed by atoms with Crippen LogP contribution in [-0.2, 0) is 11.2 Å². The van der Waals surface area contributed by atoms with Crippen molar-refractivity contribution < 1.29 is 9.53 Å². The van der Waals surface area contributed by atoms with Gasteiger partial charge in [-0.05, 0) is 49.1 Å². The van der Waals surface area contributed by atoms with E-state index in [1.165, 1.54) is 0 Å². The van der Waals surface area contributed by atoms with E-state index in [1.807, 2.05) is 51.9 Å². The number of nitrogens with zero attached hydrogens (tertiary/aromatic N) is 2. The van der Waals surface area contributed by atoms with Crippen molar-refractivity contribution in [3.63, 3.8) is 0 Å². The number of carbonyl (C=O) groups is 1. The summed E-state index contributed by atoms with van der Waals surface area (Å²) in [6, 6.07) is 13.4. The van der Waals surface area contributed by atoms with Crippen LogP contribution in [-0.4, -0.2) is 40.1 Å². The second kappa shape index (κ2) is 7.26. The molecule has 1 aromatic heterocycles. The molecule has 2 aromatic carbocycles. The van der Waals surface area contributed by atoms with Crippen LogP contribution in [0.25, 0.3) is 11.0 Å². The van der Waals surface area contributed by atoms with Gasteiger partial charge in [0.2, 0.25) is 5.91 Å². The first-order chi connectivity index (χ1) is 14.1. The normalized spacial score (nSPS) is 19.8. The van der Waals surface area contributed by atoms with E-state index in [4.69, 9.17) is 16.3 Å². The first-order valence-corrected chi connectivity index (χ1v) is 10.4. The average molecular weight is 412 g/mol. The molecule has 0 bridgehead atoms. The number of ether oxygens (including phenoxy) is 1. The molecule has 1 N–H and O–H groups in total. The molecular formula is C22H22ClN3O3. The molecule has 3 aromatic rings. The van der Waals surface area contributed by atoms with Crippen LogP contribution in [0.5, 0.6) is 5.75 Å². The molecule has 7 heteroatoms. The topological polar surface area (TPSA) is 67.3 Å². The molecular weight excluding hydrogens is 390 g/mol. The summed E-state index contributed by atoms with van der Waals surface area (Å²) in [4.78, 5) is 30.3. The van der Waals surface area contributed by atoms with E-state index in [-0.39, 0.29) is 23.6 Å². The number of halogens is 1. The Morgan fingerprint density at radius 1 is 1.14 bits per heavy atom. The van der Waals surface area contributed by atoms with E-state index >= 15 is 0 Å². The number of hydrogen-bond acceptors (Lipinski definition) is 3. The number of imidazole rings is 1. The molecule has 0 saturated carbocycles. The van der Waals surface area contributed by atoms with Gasteiger partial charge in [0.1, 0.15) is 12.4 Å². The van der Waals surface area contributed by atoms with Gasteiger partial charge in [0.05, 0.1) is 17.0 Å². The van der Waals surface area contributed by atoms with E-state index in [2.05, 4.69) is 4.98 Å². The Balaban J connectivity index is 1.27. The Morgan fingerprint density at radius 2 is 1.93 bits per heavy atom. The number of hydrogen-bond donors (Lipinski definition) is 1. The Hall–Kier alpha value is -2.73. The molecule has 1 unspecified atom stereocenters. The lowest BCUT2D eigenvalue weighted by molar-refractivity contribution is -0.138. The fourth-order valence-electron chi connectivity index (χ4n) is 4.54. The summed E-state index contributed by atoms with van der Waals surface area (Å²) in [6.45, 7) is 1.69. The van der Waals surface area contributed by atoms with E-state index in [0.717, 1.165) is 35.2 Å². The van der Waals surface area contributed by atoms with Gasteiger partial charge >= 0.3 is 5.69 Å². The van der Waals surface area contributed by atoms with E-state index < -0.39 is 0 Å². The molecule has 1 amide bonds. The van der Waals surface area contributed by atoms with Gasteiger partial charge < -0.3 is 14.6 Å². The van der Waals surface area contributed by atoms with E-state index in [9.17, 15) is 9.59 Å². The largest absolute Gasteiger partial charge is 0.492 e. The molecule has 6 nitrogen and oxygen atoms in total. The number of H-pyrrole nitrogens is 1. The Bertz CT molecular complexity index is 1130. The number of rotatable bonds is 2. The van der Waals surface area contributed by atoms with Crippen molar-refractivity contribution in [2.24, 2.45) is 5.92 Å². The zero-order valence-electron chi connectivity index (χ0n) is 15.9. The quantitative estimate of drug-likeness (QED) is 0.702. The number of amides is 1.